The highest BCUT2D eigenvalue weighted by molar-refractivity contribution is 5.90. The largest absolute Gasteiger partial charge is 0.389 e. The molecule has 1 saturated carbocycles. The molecule has 1 aromatic rings. The summed E-state index contributed by atoms with van der Waals surface area (Å²) < 4.78 is 5.33. The number of rotatable bonds is 3. The SMILES string of the molecule is O=C(N[C@@H]1CC[C@@H](N2CCOCC2)[C@@H]1O)c1ncccn1. The highest BCUT2D eigenvalue weighted by Gasteiger charge is 2.39. The molecule has 2 heterocycles. The first kappa shape index (κ1) is 14.4. The Labute approximate surface area is 123 Å². The van der Waals surface area contributed by atoms with Crippen LogP contribution in [0.25, 0.3) is 0 Å². The summed E-state index contributed by atoms with van der Waals surface area (Å²) in [6.45, 7) is 3.09. The van der Waals surface area contributed by atoms with Crippen molar-refractivity contribution in [2.75, 3.05) is 26.3 Å². The van der Waals surface area contributed by atoms with Crippen molar-refractivity contribution in [3.63, 3.8) is 0 Å². The van der Waals surface area contributed by atoms with Gasteiger partial charge in [0.2, 0.25) is 5.82 Å². The van der Waals surface area contributed by atoms with Gasteiger partial charge in [-0.3, -0.25) is 9.69 Å². The van der Waals surface area contributed by atoms with E-state index in [-0.39, 0.29) is 23.8 Å². The molecule has 1 saturated heterocycles. The third kappa shape index (κ3) is 3.20. The fourth-order valence-corrected chi connectivity index (χ4v) is 3.07. The minimum Gasteiger partial charge on any atom is -0.389 e. The van der Waals surface area contributed by atoms with Crippen molar-refractivity contribution in [1.82, 2.24) is 20.2 Å². The Morgan fingerprint density at radius 3 is 2.71 bits per heavy atom. The number of aliphatic hydroxyl groups is 1. The first-order valence-electron chi connectivity index (χ1n) is 7.33. The Kier molecular flexibility index (Phi) is 4.42. The number of hydrogen-bond donors (Lipinski definition) is 2. The predicted octanol–water partition coefficient (Wildman–Crippen LogP) is -0.569. The van der Waals surface area contributed by atoms with E-state index in [0.717, 1.165) is 25.9 Å². The number of nitrogens with zero attached hydrogens (tertiary/aromatic N) is 3. The summed E-state index contributed by atoms with van der Waals surface area (Å²) in [4.78, 5) is 22.1. The second-order valence-corrected chi connectivity index (χ2v) is 5.44. The lowest BCUT2D eigenvalue weighted by molar-refractivity contribution is -0.0154. The van der Waals surface area contributed by atoms with Gasteiger partial charge in [-0.2, -0.15) is 0 Å². The smallest absolute Gasteiger partial charge is 0.289 e. The number of nitrogens with one attached hydrogen (secondary N) is 1. The van der Waals surface area contributed by atoms with Crippen molar-refractivity contribution in [3.05, 3.63) is 24.3 Å². The van der Waals surface area contributed by atoms with E-state index in [1.54, 1.807) is 6.07 Å². The van der Waals surface area contributed by atoms with Crippen LogP contribution >= 0.6 is 0 Å². The topological polar surface area (TPSA) is 87.6 Å². The van der Waals surface area contributed by atoms with E-state index in [4.69, 9.17) is 4.74 Å². The van der Waals surface area contributed by atoms with Gasteiger partial charge in [-0.1, -0.05) is 0 Å². The Balaban J connectivity index is 1.58. The van der Waals surface area contributed by atoms with Crippen LogP contribution in [0.1, 0.15) is 23.5 Å². The molecule has 0 radical (unpaired) electrons. The minimum absolute atomic E-state index is 0.0934. The molecule has 3 atom stereocenters. The Hall–Kier alpha value is -1.57. The molecule has 2 fully saturated rings. The average Bonchev–Trinajstić information content (AvgIpc) is 2.90. The number of carbonyl (C=O) groups is 1. The van der Waals surface area contributed by atoms with E-state index in [0.29, 0.717) is 13.2 Å². The molecule has 1 amide bonds. The molecule has 0 aromatic carbocycles. The van der Waals surface area contributed by atoms with Crippen LogP contribution in [0.3, 0.4) is 0 Å². The van der Waals surface area contributed by atoms with E-state index < -0.39 is 6.10 Å². The molecule has 0 unspecified atom stereocenters. The van der Waals surface area contributed by atoms with Crippen LogP contribution in [0.2, 0.25) is 0 Å². The molecule has 1 aliphatic carbocycles. The van der Waals surface area contributed by atoms with E-state index in [1.165, 1.54) is 12.4 Å². The van der Waals surface area contributed by atoms with Crippen LogP contribution in [0.15, 0.2) is 18.5 Å². The summed E-state index contributed by atoms with van der Waals surface area (Å²) >= 11 is 0. The zero-order valence-corrected chi connectivity index (χ0v) is 11.8. The second-order valence-electron chi connectivity index (χ2n) is 5.44. The summed E-state index contributed by atoms with van der Waals surface area (Å²) in [6, 6.07) is 1.51. The zero-order valence-electron chi connectivity index (χ0n) is 11.8. The van der Waals surface area contributed by atoms with Crippen LogP contribution in [0, 0.1) is 0 Å². The number of ether oxygens (including phenoxy) is 1. The average molecular weight is 292 g/mol. The Morgan fingerprint density at radius 1 is 1.29 bits per heavy atom. The van der Waals surface area contributed by atoms with Gasteiger partial charge in [-0.25, -0.2) is 9.97 Å². The van der Waals surface area contributed by atoms with Gasteiger partial charge in [0.1, 0.15) is 0 Å². The molecule has 3 rings (SSSR count). The third-order valence-electron chi connectivity index (χ3n) is 4.18. The first-order chi connectivity index (χ1) is 10.3. The van der Waals surface area contributed by atoms with E-state index in [9.17, 15) is 9.90 Å². The van der Waals surface area contributed by atoms with Crippen LogP contribution in [0.4, 0.5) is 0 Å². The highest BCUT2D eigenvalue weighted by atomic mass is 16.5. The molecule has 114 valence electrons. The molecule has 2 N–H and O–H groups in total. The van der Waals surface area contributed by atoms with E-state index >= 15 is 0 Å². The number of carbonyl (C=O) groups excluding carboxylic acids is 1. The van der Waals surface area contributed by atoms with Gasteiger partial charge in [0.15, 0.2) is 0 Å². The quantitative estimate of drug-likeness (QED) is 0.776. The molecular weight excluding hydrogens is 272 g/mol. The molecule has 1 aromatic heterocycles. The maximum Gasteiger partial charge on any atom is 0.289 e. The summed E-state index contributed by atoms with van der Waals surface area (Å²) in [5, 5.41) is 13.3. The number of aliphatic hydroxyl groups excluding tert-OH is 1. The van der Waals surface area contributed by atoms with Crippen LogP contribution < -0.4 is 5.32 Å². The van der Waals surface area contributed by atoms with Crippen molar-refractivity contribution in [3.8, 4) is 0 Å². The summed E-state index contributed by atoms with van der Waals surface area (Å²) in [5.41, 5.74) is 0. The van der Waals surface area contributed by atoms with Gasteiger partial charge in [0, 0.05) is 31.5 Å². The lowest BCUT2D eigenvalue weighted by Gasteiger charge is -2.34. The van der Waals surface area contributed by atoms with Crippen molar-refractivity contribution in [2.24, 2.45) is 0 Å². The van der Waals surface area contributed by atoms with Crippen molar-refractivity contribution in [1.29, 1.82) is 0 Å². The van der Waals surface area contributed by atoms with Gasteiger partial charge in [-0.15, -0.1) is 0 Å². The number of amides is 1. The minimum atomic E-state index is -0.559. The molecule has 2 aliphatic rings. The van der Waals surface area contributed by atoms with Gasteiger partial charge < -0.3 is 15.2 Å². The normalized spacial score (nSPS) is 30.2. The van der Waals surface area contributed by atoms with Crippen molar-refractivity contribution >= 4 is 5.91 Å². The maximum absolute atomic E-state index is 12.0. The van der Waals surface area contributed by atoms with Crippen molar-refractivity contribution in [2.45, 2.75) is 31.0 Å². The second kappa shape index (κ2) is 6.46. The predicted molar refractivity (Wildman–Crippen MR) is 74.7 cm³/mol. The number of aromatic nitrogens is 2. The van der Waals surface area contributed by atoms with E-state index in [1.807, 2.05) is 0 Å². The van der Waals surface area contributed by atoms with Crippen molar-refractivity contribution < 1.29 is 14.6 Å². The summed E-state index contributed by atoms with van der Waals surface area (Å²) in [5.74, 6) is -0.193. The third-order valence-corrected chi connectivity index (χ3v) is 4.18. The molecule has 0 spiro atoms. The Morgan fingerprint density at radius 2 is 2.00 bits per heavy atom. The fourth-order valence-electron chi connectivity index (χ4n) is 3.07. The molecule has 7 nitrogen and oxygen atoms in total. The maximum atomic E-state index is 12.0. The summed E-state index contributed by atoms with van der Waals surface area (Å²) in [6.07, 6.45) is 4.15. The number of morpholine rings is 1. The fraction of sp³-hybridized carbons (Fsp3) is 0.643. The zero-order chi connectivity index (χ0) is 14.7. The van der Waals surface area contributed by atoms with Crippen LogP contribution in [-0.2, 0) is 4.74 Å². The number of hydrogen-bond acceptors (Lipinski definition) is 6. The van der Waals surface area contributed by atoms with Gasteiger partial charge in [0.05, 0.1) is 25.4 Å². The first-order valence-corrected chi connectivity index (χ1v) is 7.33. The molecule has 21 heavy (non-hydrogen) atoms. The molecule has 0 bridgehead atoms. The lowest BCUT2D eigenvalue weighted by atomic mass is 10.1. The molecule has 1 aliphatic heterocycles. The lowest BCUT2D eigenvalue weighted by Crippen LogP contribution is -2.51. The molecular formula is C14H20N4O3. The van der Waals surface area contributed by atoms with Gasteiger partial charge >= 0.3 is 0 Å². The van der Waals surface area contributed by atoms with Crippen LogP contribution in [0.5, 0.6) is 0 Å². The van der Waals surface area contributed by atoms with Gasteiger partial charge in [-0.05, 0) is 18.9 Å². The molecule has 7 heteroatoms. The van der Waals surface area contributed by atoms with E-state index in [2.05, 4.69) is 20.2 Å². The summed E-state index contributed by atoms with van der Waals surface area (Å²) in [7, 11) is 0. The Bertz CT molecular complexity index is 478. The standard InChI is InChI=1S/C14H20N4O3/c19-12-10(17-14(20)13-15-4-1-5-16-13)2-3-11(12)18-6-8-21-9-7-18/h1,4-5,10-12,19H,2-3,6-9H2,(H,17,20)/t10-,11-,12-/m1/s1. The van der Waals surface area contributed by atoms with Gasteiger partial charge in [0.25, 0.3) is 5.91 Å². The van der Waals surface area contributed by atoms with Crippen LogP contribution in [-0.4, -0.2) is 70.4 Å². The monoisotopic (exact) mass is 292 g/mol. The highest BCUT2D eigenvalue weighted by Crippen LogP contribution is 2.25.